The Balaban J connectivity index is 1.69. The van der Waals surface area contributed by atoms with Crippen molar-refractivity contribution in [3.63, 3.8) is 0 Å². The number of benzene rings is 1. The number of rotatable bonds is 3. The molecule has 23 heavy (non-hydrogen) atoms. The fourth-order valence-electron chi connectivity index (χ4n) is 6.38. The summed E-state index contributed by atoms with van der Waals surface area (Å²) in [6.45, 7) is 2.39. The second-order valence-corrected chi connectivity index (χ2v) is 7.82. The fourth-order valence-corrected chi connectivity index (χ4v) is 6.38. The van der Waals surface area contributed by atoms with Gasteiger partial charge in [-0.2, -0.15) is 0 Å². The van der Waals surface area contributed by atoms with Crippen LogP contribution in [0.25, 0.3) is 0 Å². The largest absolute Gasteiger partial charge is 0.496 e. The van der Waals surface area contributed by atoms with Crippen LogP contribution in [-0.2, 0) is 11.2 Å². The maximum atomic E-state index is 5.94. The molecule has 0 bridgehead atoms. The Kier molecular flexibility index (Phi) is 3.91. The van der Waals surface area contributed by atoms with Gasteiger partial charge < -0.3 is 9.47 Å². The molecule has 5 atom stereocenters. The second kappa shape index (κ2) is 5.81. The van der Waals surface area contributed by atoms with Crippen LogP contribution in [0.4, 0.5) is 0 Å². The Bertz CT molecular complexity index is 581. The van der Waals surface area contributed by atoms with Crippen LogP contribution < -0.4 is 4.74 Å². The van der Waals surface area contributed by atoms with Gasteiger partial charge in [0.2, 0.25) is 0 Å². The molecule has 0 unspecified atom stereocenters. The van der Waals surface area contributed by atoms with Gasteiger partial charge in [-0.25, -0.2) is 0 Å². The topological polar surface area (TPSA) is 18.5 Å². The lowest BCUT2D eigenvalue weighted by Crippen LogP contribution is -2.46. The van der Waals surface area contributed by atoms with E-state index < -0.39 is 0 Å². The van der Waals surface area contributed by atoms with Gasteiger partial charge >= 0.3 is 0 Å². The third-order valence-corrected chi connectivity index (χ3v) is 7.43. The average Bonchev–Trinajstić information content (AvgIpc) is 3.00. The smallest absolute Gasteiger partial charge is 0.127 e. The summed E-state index contributed by atoms with van der Waals surface area (Å²) in [5.74, 6) is 3.31. The van der Waals surface area contributed by atoms with Crippen molar-refractivity contribution in [2.24, 2.45) is 17.3 Å². The Morgan fingerprint density at radius 2 is 2.09 bits per heavy atom. The molecule has 3 aliphatic rings. The molecule has 1 aromatic rings. The molecule has 3 aliphatic carbocycles. The van der Waals surface area contributed by atoms with Crippen LogP contribution in [0.15, 0.2) is 12.1 Å². The van der Waals surface area contributed by atoms with Gasteiger partial charge in [-0.15, -0.1) is 0 Å². The van der Waals surface area contributed by atoms with Crippen LogP contribution in [0.2, 0.25) is 0 Å². The van der Waals surface area contributed by atoms with Crippen LogP contribution in [0.3, 0.4) is 0 Å². The van der Waals surface area contributed by atoms with E-state index in [2.05, 4.69) is 25.1 Å². The summed E-state index contributed by atoms with van der Waals surface area (Å²) in [7, 11) is 3.68. The highest BCUT2D eigenvalue weighted by Crippen LogP contribution is 2.63. The van der Waals surface area contributed by atoms with Crippen LogP contribution in [0.1, 0.15) is 62.5 Å². The zero-order valence-electron chi connectivity index (χ0n) is 14.7. The minimum Gasteiger partial charge on any atom is -0.496 e. The van der Waals surface area contributed by atoms with Crippen molar-refractivity contribution in [3.05, 3.63) is 29.3 Å². The lowest BCUT2D eigenvalue weighted by atomic mass is 9.54. The van der Waals surface area contributed by atoms with Gasteiger partial charge in [-0.1, -0.05) is 6.92 Å². The molecule has 0 saturated heterocycles. The molecule has 4 rings (SSSR count). The Labute approximate surface area is 140 Å². The van der Waals surface area contributed by atoms with Crippen LogP contribution in [-0.4, -0.2) is 20.3 Å². The van der Waals surface area contributed by atoms with E-state index in [0.29, 0.717) is 11.5 Å². The summed E-state index contributed by atoms with van der Waals surface area (Å²) in [6.07, 6.45) is 9.58. The van der Waals surface area contributed by atoms with E-state index in [4.69, 9.17) is 9.47 Å². The Morgan fingerprint density at radius 3 is 2.83 bits per heavy atom. The first-order valence-corrected chi connectivity index (χ1v) is 9.34. The summed E-state index contributed by atoms with van der Waals surface area (Å²) in [5, 5.41) is 0. The van der Waals surface area contributed by atoms with Crippen molar-refractivity contribution in [3.8, 4) is 5.75 Å². The third kappa shape index (κ3) is 2.17. The van der Waals surface area contributed by atoms with E-state index in [1.807, 2.05) is 7.11 Å². The van der Waals surface area contributed by atoms with E-state index in [-0.39, 0.29) is 0 Å². The van der Waals surface area contributed by atoms with Gasteiger partial charge in [0.05, 0.1) is 13.2 Å². The molecule has 0 heterocycles. The Morgan fingerprint density at radius 1 is 1.22 bits per heavy atom. The van der Waals surface area contributed by atoms with Crippen LogP contribution >= 0.6 is 0 Å². The highest BCUT2D eigenvalue weighted by molar-refractivity contribution is 5.40. The van der Waals surface area contributed by atoms with Crippen LogP contribution in [0.5, 0.6) is 5.75 Å². The zero-order valence-corrected chi connectivity index (χ0v) is 14.7. The molecule has 0 aliphatic heterocycles. The van der Waals surface area contributed by atoms with Gasteiger partial charge in [0.1, 0.15) is 5.75 Å². The molecule has 2 heteroatoms. The van der Waals surface area contributed by atoms with Gasteiger partial charge in [-0.3, -0.25) is 0 Å². The number of ether oxygens (including phenoxy) is 2. The lowest BCUT2D eigenvalue weighted by molar-refractivity contribution is -0.0592. The van der Waals surface area contributed by atoms with Crippen molar-refractivity contribution in [1.82, 2.24) is 0 Å². The van der Waals surface area contributed by atoms with E-state index in [9.17, 15) is 0 Å². The maximum Gasteiger partial charge on any atom is 0.127 e. The van der Waals surface area contributed by atoms with Crippen molar-refractivity contribution in [1.29, 1.82) is 0 Å². The quantitative estimate of drug-likeness (QED) is 0.801. The Hall–Kier alpha value is -1.02. The molecular formula is C21H29O2. The SMILES string of the molecule is CC[C@]12CC[C@@H]3c4cc(OC)[c]cc4CC[C@H]3[C@@H]1CC[C@@H]2OC. The van der Waals surface area contributed by atoms with Crippen LogP contribution in [0, 0.1) is 23.3 Å². The van der Waals surface area contributed by atoms with Gasteiger partial charge in [0.15, 0.2) is 0 Å². The van der Waals surface area contributed by atoms with E-state index in [1.165, 1.54) is 50.5 Å². The van der Waals surface area contributed by atoms with E-state index in [0.717, 1.165) is 23.5 Å². The fraction of sp³-hybridized carbons (Fsp3) is 0.714. The van der Waals surface area contributed by atoms with Crippen molar-refractivity contribution >= 4 is 0 Å². The molecule has 0 aromatic heterocycles. The molecule has 2 saturated carbocycles. The molecule has 2 nitrogen and oxygen atoms in total. The normalized spacial score (nSPS) is 38.6. The zero-order chi connectivity index (χ0) is 16.0. The molecule has 1 aromatic carbocycles. The summed E-state index contributed by atoms with van der Waals surface area (Å²) >= 11 is 0. The van der Waals surface area contributed by atoms with Gasteiger partial charge in [0, 0.05) is 13.2 Å². The second-order valence-electron chi connectivity index (χ2n) is 7.82. The summed E-state index contributed by atoms with van der Waals surface area (Å²) in [5.41, 5.74) is 3.51. The maximum absolute atomic E-state index is 5.94. The lowest BCUT2D eigenvalue weighted by Gasteiger charge is -2.52. The van der Waals surface area contributed by atoms with Crippen molar-refractivity contribution in [2.75, 3.05) is 14.2 Å². The van der Waals surface area contributed by atoms with E-state index >= 15 is 0 Å². The molecule has 125 valence electrons. The van der Waals surface area contributed by atoms with Crippen molar-refractivity contribution in [2.45, 2.75) is 63.9 Å². The summed E-state index contributed by atoms with van der Waals surface area (Å²) in [4.78, 5) is 0. The number of fused-ring (bicyclic) bond motifs is 5. The molecular weight excluding hydrogens is 284 g/mol. The first-order valence-electron chi connectivity index (χ1n) is 9.34. The molecule has 0 N–H and O–H groups in total. The molecule has 0 spiro atoms. The standard InChI is InChI=1S/C21H29O2/c1-4-21-12-11-16-17(19(21)9-10-20(21)23-3)8-6-14-5-7-15(22-2)13-18(14)16/h5,13,16-17,19-20H,4,6,8-12H2,1-3H3/t16-,17+,19-,20-,21-/m0/s1. The third-order valence-electron chi connectivity index (χ3n) is 7.43. The minimum atomic E-state index is 0.443. The predicted molar refractivity (Wildman–Crippen MR) is 91.9 cm³/mol. The molecule has 2 fully saturated rings. The number of hydrogen-bond donors (Lipinski definition) is 0. The highest BCUT2D eigenvalue weighted by Gasteiger charge is 2.56. The number of aryl methyl sites for hydroxylation is 1. The summed E-state index contributed by atoms with van der Waals surface area (Å²) in [6, 6.07) is 7.73. The van der Waals surface area contributed by atoms with E-state index in [1.54, 1.807) is 12.7 Å². The minimum absolute atomic E-state index is 0.443. The van der Waals surface area contributed by atoms with Gasteiger partial charge in [0.25, 0.3) is 0 Å². The summed E-state index contributed by atoms with van der Waals surface area (Å²) < 4.78 is 11.4. The van der Waals surface area contributed by atoms with Crippen molar-refractivity contribution < 1.29 is 9.47 Å². The monoisotopic (exact) mass is 313 g/mol. The van der Waals surface area contributed by atoms with Gasteiger partial charge in [-0.05, 0) is 91.4 Å². The predicted octanol–water partition coefficient (Wildman–Crippen LogP) is 4.76. The highest BCUT2D eigenvalue weighted by atomic mass is 16.5. The number of hydrogen-bond acceptors (Lipinski definition) is 2. The number of methoxy groups -OCH3 is 2. The average molecular weight is 313 g/mol. The first kappa shape index (κ1) is 15.5. The first-order chi connectivity index (χ1) is 11.2. The molecule has 0 amide bonds. The molecule has 1 radical (unpaired) electrons.